The third-order valence-corrected chi connectivity index (χ3v) is 2.43. The molecule has 2 heteroatoms. The van der Waals surface area contributed by atoms with Gasteiger partial charge in [-0.15, -0.1) is 0 Å². The summed E-state index contributed by atoms with van der Waals surface area (Å²) in [5.41, 5.74) is 7.31. The van der Waals surface area contributed by atoms with Crippen molar-refractivity contribution in [1.82, 2.24) is 0 Å². The maximum atomic E-state index is 8.77. The normalized spacial score (nSPS) is 13.6. The third-order valence-electron chi connectivity index (χ3n) is 2.43. The minimum Gasteiger partial charge on any atom is -0.401 e. The Morgan fingerprint density at radius 2 is 1.92 bits per heavy atom. The first kappa shape index (κ1) is 11.0. The molecule has 0 atom stereocenters. The fraction of sp³-hybridized carbons (Fsp3) is 0.700. The predicted octanol–water partition coefficient (Wildman–Crippen LogP) is 2.57. The van der Waals surface area contributed by atoms with Crippen molar-refractivity contribution in [2.75, 3.05) is 0 Å². The van der Waals surface area contributed by atoms with Gasteiger partial charge in [0.2, 0.25) is 0 Å². The van der Waals surface area contributed by atoms with Gasteiger partial charge in [-0.1, -0.05) is 27.7 Å². The molecule has 2 nitrogen and oxygen atoms in total. The van der Waals surface area contributed by atoms with Crippen molar-refractivity contribution in [3.8, 4) is 6.07 Å². The third kappa shape index (κ3) is 2.27. The fourth-order valence-electron chi connectivity index (χ4n) is 0.929. The Hall–Kier alpha value is -0.970. The number of nitriles is 1. The molecular weight excluding hydrogens is 148 g/mol. The van der Waals surface area contributed by atoms with Gasteiger partial charge in [0.25, 0.3) is 0 Å². The van der Waals surface area contributed by atoms with E-state index in [2.05, 4.69) is 26.8 Å². The Bertz CT molecular complexity index is 218. The van der Waals surface area contributed by atoms with Crippen molar-refractivity contribution in [3.63, 3.8) is 0 Å². The average Bonchev–Trinajstić information content (AvgIpc) is 2.06. The van der Waals surface area contributed by atoms with Crippen LogP contribution < -0.4 is 5.73 Å². The molecule has 68 valence electrons. The number of rotatable bonds is 3. The Morgan fingerprint density at radius 3 is 2.17 bits per heavy atom. The van der Waals surface area contributed by atoms with Gasteiger partial charge in [-0.2, -0.15) is 5.26 Å². The van der Waals surface area contributed by atoms with E-state index in [0.717, 1.165) is 24.1 Å². The molecular formula is C10H18N2. The molecule has 0 unspecified atom stereocenters. The van der Waals surface area contributed by atoms with Gasteiger partial charge in [0.1, 0.15) is 0 Å². The van der Waals surface area contributed by atoms with Crippen LogP contribution in [0.4, 0.5) is 0 Å². The number of allylic oxidation sites excluding steroid dienone is 2. The number of hydrogen-bond acceptors (Lipinski definition) is 2. The Morgan fingerprint density at radius 1 is 1.42 bits per heavy atom. The van der Waals surface area contributed by atoms with Crippen molar-refractivity contribution in [1.29, 1.82) is 5.26 Å². The van der Waals surface area contributed by atoms with Crippen LogP contribution in [0.15, 0.2) is 11.3 Å². The van der Waals surface area contributed by atoms with Crippen LogP contribution in [0.3, 0.4) is 0 Å². The Labute approximate surface area is 75.1 Å². The van der Waals surface area contributed by atoms with Crippen LogP contribution in [0.25, 0.3) is 0 Å². The highest BCUT2D eigenvalue weighted by Gasteiger charge is 2.21. The topological polar surface area (TPSA) is 49.8 Å². The summed E-state index contributed by atoms with van der Waals surface area (Å²) >= 11 is 0. The summed E-state index contributed by atoms with van der Waals surface area (Å²) in [7, 11) is 0. The van der Waals surface area contributed by atoms with Gasteiger partial charge < -0.3 is 5.73 Å². The van der Waals surface area contributed by atoms with E-state index >= 15 is 0 Å². The van der Waals surface area contributed by atoms with E-state index < -0.39 is 0 Å². The van der Waals surface area contributed by atoms with E-state index in [1.165, 1.54) is 0 Å². The highest BCUT2D eigenvalue weighted by Crippen LogP contribution is 2.28. The van der Waals surface area contributed by atoms with E-state index in [1.54, 1.807) is 0 Å². The van der Waals surface area contributed by atoms with Gasteiger partial charge >= 0.3 is 0 Å². The maximum Gasteiger partial charge on any atom is 0.0965 e. The quantitative estimate of drug-likeness (QED) is 0.655. The lowest BCUT2D eigenvalue weighted by Gasteiger charge is -2.24. The van der Waals surface area contributed by atoms with E-state index in [9.17, 15) is 0 Å². The molecule has 0 radical (unpaired) electrons. The van der Waals surface area contributed by atoms with Crippen LogP contribution in [0.2, 0.25) is 0 Å². The minimum absolute atomic E-state index is 0.0406. The summed E-state index contributed by atoms with van der Waals surface area (Å²) in [6.07, 6.45) is 1.69. The second-order valence-corrected chi connectivity index (χ2v) is 3.60. The SMILES string of the molecule is CCC(C#N)=C(N)C(C)(C)CC. The van der Waals surface area contributed by atoms with Crippen LogP contribution in [0, 0.1) is 16.7 Å². The highest BCUT2D eigenvalue weighted by molar-refractivity contribution is 5.29. The fourth-order valence-corrected chi connectivity index (χ4v) is 0.929. The van der Waals surface area contributed by atoms with Crippen LogP contribution in [-0.2, 0) is 0 Å². The van der Waals surface area contributed by atoms with Crippen LogP contribution in [0.1, 0.15) is 40.5 Å². The molecule has 0 aromatic carbocycles. The summed E-state index contributed by atoms with van der Waals surface area (Å²) in [5.74, 6) is 0. The summed E-state index contributed by atoms with van der Waals surface area (Å²) in [6.45, 7) is 8.17. The van der Waals surface area contributed by atoms with Crippen molar-refractivity contribution < 1.29 is 0 Å². The maximum absolute atomic E-state index is 8.77. The van der Waals surface area contributed by atoms with Gasteiger partial charge in [-0.25, -0.2) is 0 Å². The first-order valence-corrected chi connectivity index (χ1v) is 4.38. The molecule has 0 aliphatic carbocycles. The monoisotopic (exact) mass is 166 g/mol. The Balaban J connectivity index is 4.89. The molecule has 0 fully saturated rings. The first-order chi connectivity index (χ1) is 5.49. The van der Waals surface area contributed by atoms with Crippen molar-refractivity contribution in [2.45, 2.75) is 40.5 Å². The van der Waals surface area contributed by atoms with E-state index in [0.29, 0.717) is 0 Å². The minimum atomic E-state index is -0.0406. The zero-order valence-corrected chi connectivity index (χ0v) is 8.44. The molecule has 0 saturated carbocycles. The molecule has 0 aliphatic heterocycles. The first-order valence-electron chi connectivity index (χ1n) is 4.38. The van der Waals surface area contributed by atoms with Gasteiger partial charge in [-0.3, -0.25) is 0 Å². The van der Waals surface area contributed by atoms with Crippen LogP contribution >= 0.6 is 0 Å². The van der Waals surface area contributed by atoms with Crippen LogP contribution in [-0.4, -0.2) is 0 Å². The van der Waals surface area contributed by atoms with Crippen LogP contribution in [0.5, 0.6) is 0 Å². The average molecular weight is 166 g/mol. The second-order valence-electron chi connectivity index (χ2n) is 3.60. The smallest absolute Gasteiger partial charge is 0.0965 e. The lowest BCUT2D eigenvalue weighted by atomic mass is 9.84. The molecule has 12 heavy (non-hydrogen) atoms. The molecule has 0 spiro atoms. The second kappa shape index (κ2) is 4.15. The van der Waals surface area contributed by atoms with Gasteiger partial charge in [0.15, 0.2) is 0 Å². The summed E-state index contributed by atoms with van der Waals surface area (Å²) in [6, 6.07) is 2.15. The molecule has 0 amide bonds. The summed E-state index contributed by atoms with van der Waals surface area (Å²) in [4.78, 5) is 0. The molecule has 0 heterocycles. The highest BCUT2D eigenvalue weighted by atomic mass is 14.6. The number of nitrogens with zero attached hydrogens (tertiary/aromatic N) is 1. The van der Waals surface area contributed by atoms with Gasteiger partial charge in [0.05, 0.1) is 6.07 Å². The standard InChI is InChI=1S/C10H18N2/c1-5-8(7-11)9(12)10(3,4)6-2/h5-6,12H2,1-4H3. The van der Waals surface area contributed by atoms with Crippen molar-refractivity contribution >= 4 is 0 Å². The molecule has 0 bridgehead atoms. The lowest BCUT2D eigenvalue weighted by Crippen LogP contribution is -2.22. The predicted molar refractivity (Wildman–Crippen MR) is 51.2 cm³/mol. The largest absolute Gasteiger partial charge is 0.401 e. The molecule has 0 aliphatic rings. The summed E-state index contributed by atoms with van der Waals surface area (Å²) in [5, 5.41) is 8.77. The van der Waals surface area contributed by atoms with Gasteiger partial charge in [-0.05, 0) is 12.8 Å². The van der Waals surface area contributed by atoms with Crippen molar-refractivity contribution in [2.24, 2.45) is 11.1 Å². The Kier molecular flexibility index (Phi) is 3.82. The number of nitrogens with two attached hydrogens (primary N) is 1. The number of hydrogen-bond donors (Lipinski definition) is 1. The molecule has 2 N–H and O–H groups in total. The zero-order valence-electron chi connectivity index (χ0n) is 8.44. The lowest BCUT2D eigenvalue weighted by molar-refractivity contribution is 0.420. The van der Waals surface area contributed by atoms with E-state index in [-0.39, 0.29) is 5.41 Å². The van der Waals surface area contributed by atoms with E-state index in [1.807, 2.05) is 6.92 Å². The van der Waals surface area contributed by atoms with E-state index in [4.69, 9.17) is 11.0 Å². The van der Waals surface area contributed by atoms with Gasteiger partial charge in [0, 0.05) is 16.7 Å². The summed E-state index contributed by atoms with van der Waals surface area (Å²) < 4.78 is 0. The molecule has 0 rings (SSSR count). The molecule has 0 aromatic heterocycles. The zero-order chi connectivity index (χ0) is 9.78. The molecule has 0 aromatic rings. The molecule has 0 saturated heterocycles. The van der Waals surface area contributed by atoms with Crippen molar-refractivity contribution in [3.05, 3.63) is 11.3 Å².